The third kappa shape index (κ3) is 2.26. The maximum atomic E-state index is 12.3. The van der Waals surface area contributed by atoms with E-state index in [1.54, 1.807) is 0 Å². The first kappa shape index (κ1) is 12.3. The summed E-state index contributed by atoms with van der Waals surface area (Å²) in [6.45, 7) is 2.42. The smallest absolute Gasteiger partial charge is 0.260 e. The van der Waals surface area contributed by atoms with Crippen molar-refractivity contribution in [2.75, 3.05) is 13.1 Å². The van der Waals surface area contributed by atoms with Gasteiger partial charge in [0.25, 0.3) is 10.0 Å². The van der Waals surface area contributed by atoms with Crippen molar-refractivity contribution in [2.24, 2.45) is 0 Å². The van der Waals surface area contributed by atoms with Crippen molar-refractivity contribution in [1.29, 1.82) is 0 Å². The summed E-state index contributed by atoms with van der Waals surface area (Å²) in [6, 6.07) is 0. The number of nitrogens with zero attached hydrogens (tertiary/aromatic N) is 2. The number of sulfonamides is 1. The molecule has 1 aromatic rings. The van der Waals surface area contributed by atoms with Gasteiger partial charge in [-0.25, -0.2) is 8.42 Å². The molecule has 6 nitrogen and oxygen atoms in total. The molecule has 17 heavy (non-hydrogen) atoms. The quantitative estimate of drug-likeness (QED) is 0.760. The van der Waals surface area contributed by atoms with E-state index in [2.05, 4.69) is 10.2 Å². The zero-order valence-corrected chi connectivity index (χ0v) is 10.4. The molecule has 0 spiro atoms. The van der Waals surface area contributed by atoms with Gasteiger partial charge in [-0.05, 0) is 13.3 Å². The van der Waals surface area contributed by atoms with Crippen molar-refractivity contribution < 1.29 is 13.5 Å². The third-order valence-corrected chi connectivity index (χ3v) is 4.60. The fraction of sp³-hybridized carbons (Fsp3) is 0.500. The predicted octanol–water partition coefficient (Wildman–Crippen LogP) is 0.243. The predicted molar refractivity (Wildman–Crippen MR) is 61.6 cm³/mol. The van der Waals surface area contributed by atoms with Crippen LogP contribution in [0.5, 0.6) is 0 Å². The average molecular weight is 257 g/mol. The second-order valence-corrected chi connectivity index (χ2v) is 5.94. The Hall–Kier alpha value is -1.18. The van der Waals surface area contributed by atoms with E-state index < -0.39 is 10.0 Å². The topological polar surface area (TPSA) is 86.3 Å². The zero-order chi connectivity index (χ0) is 12.5. The summed E-state index contributed by atoms with van der Waals surface area (Å²) in [7, 11) is -3.58. The fourth-order valence-electron chi connectivity index (χ4n) is 1.85. The van der Waals surface area contributed by atoms with Crippen molar-refractivity contribution in [2.45, 2.75) is 25.0 Å². The zero-order valence-electron chi connectivity index (χ0n) is 9.55. The fourth-order valence-corrected chi connectivity index (χ4v) is 3.44. The van der Waals surface area contributed by atoms with Crippen molar-refractivity contribution in [3.63, 3.8) is 0 Å². The van der Waals surface area contributed by atoms with Crippen LogP contribution in [0.1, 0.15) is 18.9 Å². The molecule has 1 aliphatic rings. The Labute approximate surface area is 100 Å². The molecule has 0 atom stereocenters. The van der Waals surface area contributed by atoms with E-state index in [9.17, 15) is 8.42 Å². The normalized spacial score (nSPS) is 18.1. The third-order valence-electron chi connectivity index (χ3n) is 2.74. The molecule has 0 aromatic carbocycles. The Morgan fingerprint density at radius 2 is 2.35 bits per heavy atom. The first-order chi connectivity index (χ1) is 8.05. The number of aromatic nitrogens is 2. The lowest BCUT2D eigenvalue weighted by Gasteiger charge is -2.24. The van der Waals surface area contributed by atoms with Gasteiger partial charge in [0.15, 0.2) is 5.03 Å². The van der Waals surface area contributed by atoms with E-state index in [0.717, 1.165) is 5.57 Å². The van der Waals surface area contributed by atoms with Crippen LogP contribution < -0.4 is 0 Å². The second kappa shape index (κ2) is 4.59. The number of H-pyrrole nitrogens is 1. The van der Waals surface area contributed by atoms with Crippen LogP contribution in [0, 0.1) is 0 Å². The molecule has 2 rings (SSSR count). The number of hydrogen-bond donors (Lipinski definition) is 2. The van der Waals surface area contributed by atoms with Gasteiger partial charge in [0, 0.05) is 18.7 Å². The summed E-state index contributed by atoms with van der Waals surface area (Å²) in [6.07, 6.45) is 4.08. The first-order valence-corrected chi connectivity index (χ1v) is 6.78. The van der Waals surface area contributed by atoms with Crippen molar-refractivity contribution in [3.8, 4) is 0 Å². The molecule has 2 N–H and O–H groups in total. The highest BCUT2D eigenvalue weighted by Gasteiger charge is 2.29. The minimum atomic E-state index is -3.58. The van der Waals surface area contributed by atoms with E-state index in [1.807, 2.05) is 13.0 Å². The van der Waals surface area contributed by atoms with Crippen LogP contribution in [0.15, 0.2) is 22.9 Å². The molecular weight excluding hydrogens is 242 g/mol. The largest absolute Gasteiger partial charge is 0.392 e. The summed E-state index contributed by atoms with van der Waals surface area (Å²) < 4.78 is 26.0. The van der Waals surface area contributed by atoms with Crippen molar-refractivity contribution >= 4 is 10.0 Å². The Morgan fingerprint density at radius 3 is 3.00 bits per heavy atom. The molecule has 2 heterocycles. The van der Waals surface area contributed by atoms with Crippen LogP contribution in [-0.4, -0.2) is 41.1 Å². The number of aromatic amines is 1. The molecule has 0 bridgehead atoms. The van der Waals surface area contributed by atoms with E-state index in [0.29, 0.717) is 25.1 Å². The van der Waals surface area contributed by atoms with Crippen LogP contribution in [0.2, 0.25) is 0 Å². The summed E-state index contributed by atoms with van der Waals surface area (Å²) >= 11 is 0. The number of nitrogens with one attached hydrogen (secondary N) is 1. The molecule has 0 amide bonds. The van der Waals surface area contributed by atoms with Gasteiger partial charge in [-0.3, -0.25) is 5.10 Å². The summed E-state index contributed by atoms with van der Waals surface area (Å²) in [5.41, 5.74) is 1.34. The lowest BCUT2D eigenvalue weighted by molar-refractivity contribution is 0.278. The highest BCUT2D eigenvalue weighted by Crippen LogP contribution is 2.21. The number of hydrogen-bond acceptors (Lipinski definition) is 4. The van der Waals surface area contributed by atoms with Gasteiger partial charge in [0.05, 0.1) is 12.8 Å². The minimum Gasteiger partial charge on any atom is -0.392 e. The highest BCUT2D eigenvalue weighted by molar-refractivity contribution is 7.89. The number of aliphatic hydroxyl groups excluding tert-OH is 1. The SMILES string of the molecule is CC1=CCCN(S(=O)(=O)c2[nH]ncc2CO)C1. The molecule has 0 radical (unpaired) electrons. The van der Waals surface area contributed by atoms with Crippen molar-refractivity contribution in [3.05, 3.63) is 23.4 Å². The summed E-state index contributed by atoms with van der Waals surface area (Å²) in [5.74, 6) is 0. The molecule has 0 fully saturated rings. The van der Waals surface area contributed by atoms with Crippen LogP contribution in [0.3, 0.4) is 0 Å². The van der Waals surface area contributed by atoms with E-state index in [4.69, 9.17) is 5.11 Å². The Kier molecular flexibility index (Phi) is 3.32. The molecule has 1 aromatic heterocycles. The Bertz CT molecular complexity index is 533. The molecule has 1 aliphatic heterocycles. The van der Waals surface area contributed by atoms with Crippen molar-refractivity contribution in [1.82, 2.24) is 14.5 Å². The van der Waals surface area contributed by atoms with E-state index >= 15 is 0 Å². The monoisotopic (exact) mass is 257 g/mol. The summed E-state index contributed by atoms with van der Waals surface area (Å²) in [5, 5.41) is 15.2. The van der Waals surface area contributed by atoms with Crippen LogP contribution in [-0.2, 0) is 16.6 Å². The van der Waals surface area contributed by atoms with Crippen LogP contribution >= 0.6 is 0 Å². The average Bonchev–Trinajstić information content (AvgIpc) is 2.77. The molecular formula is C10H15N3O3S. The standard InChI is InChI=1S/C10H15N3O3S/c1-8-3-2-4-13(6-8)17(15,16)10-9(7-14)5-11-12-10/h3,5,14H,2,4,6-7H2,1H3,(H,11,12). The first-order valence-electron chi connectivity index (χ1n) is 5.34. The van der Waals surface area contributed by atoms with E-state index in [1.165, 1.54) is 10.5 Å². The van der Waals surface area contributed by atoms with Gasteiger partial charge >= 0.3 is 0 Å². The maximum Gasteiger partial charge on any atom is 0.260 e. The molecule has 0 aliphatic carbocycles. The number of rotatable bonds is 3. The lowest BCUT2D eigenvalue weighted by Crippen LogP contribution is -2.36. The van der Waals surface area contributed by atoms with Crippen LogP contribution in [0.25, 0.3) is 0 Å². The molecule has 7 heteroatoms. The lowest BCUT2D eigenvalue weighted by atomic mass is 10.2. The van der Waals surface area contributed by atoms with Gasteiger partial charge < -0.3 is 5.11 Å². The molecule has 94 valence electrons. The highest BCUT2D eigenvalue weighted by atomic mass is 32.2. The minimum absolute atomic E-state index is 0.00491. The molecule has 0 saturated carbocycles. The molecule has 0 saturated heterocycles. The van der Waals surface area contributed by atoms with Gasteiger partial charge in [-0.15, -0.1) is 0 Å². The van der Waals surface area contributed by atoms with Gasteiger partial charge in [0.2, 0.25) is 0 Å². The Morgan fingerprint density at radius 1 is 1.59 bits per heavy atom. The second-order valence-electron chi connectivity index (χ2n) is 4.06. The van der Waals surface area contributed by atoms with Gasteiger partial charge in [-0.1, -0.05) is 11.6 Å². The van der Waals surface area contributed by atoms with E-state index in [-0.39, 0.29) is 11.6 Å². The van der Waals surface area contributed by atoms with Crippen LogP contribution in [0.4, 0.5) is 0 Å². The maximum absolute atomic E-state index is 12.3. The Balaban J connectivity index is 2.34. The summed E-state index contributed by atoms with van der Waals surface area (Å²) in [4.78, 5) is 0. The number of aliphatic hydroxyl groups is 1. The molecule has 0 unspecified atom stereocenters. The van der Waals surface area contributed by atoms with Gasteiger partial charge in [-0.2, -0.15) is 9.40 Å². The van der Waals surface area contributed by atoms with Gasteiger partial charge in [0.1, 0.15) is 0 Å².